The van der Waals surface area contributed by atoms with E-state index in [0.29, 0.717) is 32.5 Å². The van der Waals surface area contributed by atoms with Gasteiger partial charge in [-0.25, -0.2) is 9.50 Å². The van der Waals surface area contributed by atoms with Crippen LogP contribution < -0.4 is 5.32 Å². The van der Waals surface area contributed by atoms with Crippen molar-refractivity contribution < 1.29 is 4.79 Å². The summed E-state index contributed by atoms with van der Waals surface area (Å²) in [5.74, 6) is -0.0433. The highest BCUT2D eigenvalue weighted by Crippen LogP contribution is 2.26. The molecule has 9 nitrogen and oxygen atoms in total. The quantitative estimate of drug-likeness (QED) is 0.327. The Labute approximate surface area is 212 Å². The molecule has 1 aromatic carbocycles. The number of amides is 1. The molecular weight excluding hydrogens is 543 g/mol. The average molecular weight is 560 g/mol. The number of aryl methyl sites for hydroxylation is 1. The maximum absolute atomic E-state index is 13.0. The molecule has 0 unspecified atom stereocenters. The number of anilines is 1. The zero-order chi connectivity index (χ0) is 24.0. The maximum Gasteiger partial charge on any atom is 0.277 e. The van der Waals surface area contributed by atoms with Crippen LogP contribution in [-0.4, -0.2) is 40.1 Å². The highest BCUT2D eigenvalue weighted by molar-refractivity contribution is 9.10. The summed E-state index contributed by atoms with van der Waals surface area (Å²) in [6.45, 7) is 2.38. The monoisotopic (exact) mass is 558 g/mol. The first-order valence-corrected chi connectivity index (χ1v) is 11.7. The van der Waals surface area contributed by atoms with Crippen LogP contribution in [0.15, 0.2) is 53.4 Å². The molecule has 0 aliphatic carbocycles. The van der Waals surface area contributed by atoms with Crippen molar-refractivity contribution in [1.29, 1.82) is 0 Å². The normalized spacial score (nSPS) is 11.3. The van der Waals surface area contributed by atoms with E-state index >= 15 is 0 Å². The highest BCUT2D eigenvalue weighted by Gasteiger charge is 2.18. The van der Waals surface area contributed by atoms with Crippen molar-refractivity contribution in [2.24, 2.45) is 7.05 Å². The fraction of sp³-hybridized carbons (Fsp3) is 0.136. The molecule has 12 heteroatoms. The molecule has 1 amide bonds. The van der Waals surface area contributed by atoms with Gasteiger partial charge in [-0.1, -0.05) is 29.3 Å². The molecule has 34 heavy (non-hydrogen) atoms. The summed E-state index contributed by atoms with van der Waals surface area (Å²) in [5.41, 5.74) is 4.29. The van der Waals surface area contributed by atoms with E-state index in [-0.39, 0.29) is 5.69 Å². The molecule has 5 rings (SSSR count). The van der Waals surface area contributed by atoms with Gasteiger partial charge < -0.3 is 5.32 Å². The first-order chi connectivity index (χ1) is 16.3. The van der Waals surface area contributed by atoms with Crippen LogP contribution in [0.1, 0.15) is 21.7 Å². The Hall–Kier alpha value is -3.21. The second-order valence-electron chi connectivity index (χ2n) is 7.61. The SMILES string of the molecule is Cc1c(-c2ccnc3cc(C(=O)Nc4nn(Cc5ccc(Cl)cc5Cl)cc4Br)nn23)cnn1C. The van der Waals surface area contributed by atoms with Crippen LogP contribution in [0.2, 0.25) is 10.0 Å². The van der Waals surface area contributed by atoms with Gasteiger partial charge >= 0.3 is 0 Å². The van der Waals surface area contributed by atoms with Crippen LogP contribution in [0.5, 0.6) is 0 Å². The number of nitrogens with one attached hydrogen (secondary N) is 1. The predicted octanol–water partition coefficient (Wildman–Crippen LogP) is 5.00. The molecule has 0 atom stereocenters. The Balaban J connectivity index is 1.40. The van der Waals surface area contributed by atoms with Gasteiger partial charge in [-0.15, -0.1) is 0 Å². The topological polar surface area (TPSA) is 94.9 Å². The van der Waals surface area contributed by atoms with E-state index in [1.807, 2.05) is 26.1 Å². The summed E-state index contributed by atoms with van der Waals surface area (Å²) >= 11 is 15.7. The Morgan fingerprint density at radius 1 is 1.18 bits per heavy atom. The second kappa shape index (κ2) is 8.86. The molecule has 0 radical (unpaired) electrons. The van der Waals surface area contributed by atoms with Crippen LogP contribution in [-0.2, 0) is 13.6 Å². The van der Waals surface area contributed by atoms with Gasteiger partial charge in [0, 0.05) is 46.8 Å². The number of hydrogen-bond acceptors (Lipinski definition) is 5. The molecule has 0 bridgehead atoms. The summed E-state index contributed by atoms with van der Waals surface area (Å²) < 4.78 is 5.71. The van der Waals surface area contributed by atoms with Crippen molar-refractivity contribution in [3.05, 3.63) is 80.4 Å². The van der Waals surface area contributed by atoms with Crippen molar-refractivity contribution in [3.8, 4) is 11.3 Å². The molecule has 0 saturated heterocycles. The Kier molecular flexibility index (Phi) is 5.88. The molecule has 0 saturated carbocycles. The fourth-order valence-electron chi connectivity index (χ4n) is 3.52. The largest absolute Gasteiger partial charge is 0.303 e. The van der Waals surface area contributed by atoms with Crippen molar-refractivity contribution in [1.82, 2.24) is 34.2 Å². The average Bonchev–Trinajstić information content (AvgIpc) is 3.48. The van der Waals surface area contributed by atoms with E-state index in [1.165, 1.54) is 0 Å². The number of carbonyl (C=O) groups excluding carboxylic acids is 1. The molecule has 0 spiro atoms. The Bertz CT molecular complexity index is 1550. The van der Waals surface area contributed by atoms with Gasteiger partial charge in [0.25, 0.3) is 5.91 Å². The summed E-state index contributed by atoms with van der Waals surface area (Å²) in [6.07, 6.45) is 5.21. The molecule has 172 valence electrons. The summed E-state index contributed by atoms with van der Waals surface area (Å²) in [7, 11) is 1.87. The number of carbonyl (C=O) groups is 1. The predicted molar refractivity (Wildman–Crippen MR) is 133 cm³/mol. The lowest BCUT2D eigenvalue weighted by atomic mass is 10.2. The molecule has 5 aromatic rings. The van der Waals surface area contributed by atoms with Crippen molar-refractivity contribution in [2.75, 3.05) is 5.32 Å². The number of fused-ring (bicyclic) bond motifs is 1. The minimum Gasteiger partial charge on any atom is -0.303 e. The number of nitrogens with zero attached hydrogens (tertiary/aromatic N) is 7. The smallest absolute Gasteiger partial charge is 0.277 e. The van der Waals surface area contributed by atoms with Gasteiger partial charge in [0.05, 0.1) is 22.9 Å². The fourth-order valence-corrected chi connectivity index (χ4v) is 4.40. The van der Waals surface area contributed by atoms with Gasteiger partial charge in [-0.2, -0.15) is 15.3 Å². The first kappa shape index (κ1) is 22.6. The molecule has 1 N–H and O–H groups in total. The van der Waals surface area contributed by atoms with Gasteiger partial charge in [-0.3, -0.25) is 14.2 Å². The van der Waals surface area contributed by atoms with Crippen LogP contribution in [0.25, 0.3) is 16.9 Å². The Morgan fingerprint density at radius 2 is 2.00 bits per heavy atom. The molecule has 0 aliphatic rings. The maximum atomic E-state index is 13.0. The number of hydrogen-bond donors (Lipinski definition) is 1. The number of benzene rings is 1. The number of rotatable bonds is 5. The Morgan fingerprint density at radius 3 is 2.74 bits per heavy atom. The molecular formula is C22H17BrCl2N8O. The van der Waals surface area contributed by atoms with Crippen molar-refractivity contribution in [3.63, 3.8) is 0 Å². The zero-order valence-corrected chi connectivity index (χ0v) is 21.1. The summed E-state index contributed by atoms with van der Waals surface area (Å²) in [5, 5.41) is 17.1. The van der Waals surface area contributed by atoms with E-state index in [1.54, 1.807) is 50.7 Å². The molecule has 0 fully saturated rings. The van der Waals surface area contributed by atoms with Crippen LogP contribution in [0, 0.1) is 6.92 Å². The van der Waals surface area contributed by atoms with Gasteiger partial charge in [-0.05, 0) is 46.6 Å². The van der Waals surface area contributed by atoms with E-state index in [4.69, 9.17) is 23.2 Å². The second-order valence-corrected chi connectivity index (χ2v) is 9.31. The van der Waals surface area contributed by atoms with E-state index in [9.17, 15) is 4.79 Å². The first-order valence-electron chi connectivity index (χ1n) is 10.1. The molecule has 0 aliphatic heterocycles. The molecule has 4 aromatic heterocycles. The van der Waals surface area contributed by atoms with Crippen LogP contribution in [0.4, 0.5) is 5.82 Å². The highest BCUT2D eigenvalue weighted by atomic mass is 79.9. The van der Waals surface area contributed by atoms with Gasteiger partial charge in [0.15, 0.2) is 17.2 Å². The third kappa shape index (κ3) is 4.20. The minimum absolute atomic E-state index is 0.212. The summed E-state index contributed by atoms with van der Waals surface area (Å²) in [6, 6.07) is 8.75. The van der Waals surface area contributed by atoms with E-state index in [2.05, 4.69) is 41.5 Å². The summed E-state index contributed by atoms with van der Waals surface area (Å²) in [4.78, 5) is 17.3. The zero-order valence-electron chi connectivity index (χ0n) is 18.0. The lowest BCUT2D eigenvalue weighted by molar-refractivity contribution is 0.102. The van der Waals surface area contributed by atoms with Crippen LogP contribution >= 0.6 is 39.1 Å². The molecule has 4 heterocycles. The lowest BCUT2D eigenvalue weighted by Gasteiger charge is -2.05. The third-order valence-corrected chi connectivity index (χ3v) is 6.57. The van der Waals surface area contributed by atoms with Crippen LogP contribution in [0.3, 0.4) is 0 Å². The van der Waals surface area contributed by atoms with E-state index in [0.717, 1.165) is 22.5 Å². The lowest BCUT2D eigenvalue weighted by Crippen LogP contribution is -2.14. The minimum atomic E-state index is -0.408. The van der Waals surface area contributed by atoms with Crippen molar-refractivity contribution >= 4 is 56.5 Å². The van der Waals surface area contributed by atoms with Gasteiger partial charge in [0.1, 0.15) is 0 Å². The third-order valence-electron chi connectivity index (χ3n) is 5.40. The van der Waals surface area contributed by atoms with Gasteiger partial charge in [0.2, 0.25) is 0 Å². The standard InChI is InChI=1S/C22H17BrCl2N8O/c1-12-15(9-27-31(12)2)19-5-6-26-20-8-18(29-33(19)20)22(34)28-21-16(23)11-32(30-21)10-13-3-4-14(24)7-17(13)25/h3-9,11H,10H2,1-2H3,(H,28,30,34). The van der Waals surface area contributed by atoms with Crippen molar-refractivity contribution in [2.45, 2.75) is 13.5 Å². The number of halogens is 3. The number of aromatic nitrogens is 7. The van der Waals surface area contributed by atoms with E-state index < -0.39 is 5.91 Å².